The summed E-state index contributed by atoms with van der Waals surface area (Å²) < 4.78 is 0. The highest BCUT2D eigenvalue weighted by atomic mass is 16.4. The number of aryl methyl sites for hydroxylation is 1. The number of nitrogens with one attached hydrogen (secondary N) is 2. The van der Waals surface area contributed by atoms with Crippen molar-refractivity contribution in [1.82, 2.24) is 10.6 Å². The van der Waals surface area contributed by atoms with Crippen LogP contribution in [0.25, 0.3) is 0 Å². The van der Waals surface area contributed by atoms with Gasteiger partial charge in [0, 0.05) is 6.92 Å². The van der Waals surface area contributed by atoms with E-state index in [2.05, 4.69) is 10.6 Å². The third kappa shape index (κ3) is 6.50. The summed E-state index contributed by atoms with van der Waals surface area (Å²) in [7, 11) is 0. The van der Waals surface area contributed by atoms with Crippen LogP contribution >= 0.6 is 0 Å². The Morgan fingerprint density at radius 1 is 1.09 bits per heavy atom. The van der Waals surface area contributed by atoms with E-state index in [1.807, 2.05) is 30.3 Å². The fraction of sp³-hybridized carbons (Fsp3) is 0.471. The molecule has 0 aliphatic rings. The standard InChI is InChI=1S/C17H24N2O4/c1-11(2)15(18-12(3)20)16(21)19-14(17(22)23)10-9-13-7-5-4-6-8-13/h4-8,11,14-15H,9-10H2,1-3H3,(H,18,20)(H,19,21)(H,22,23)/t14-,15+/m0/s1. The third-order valence-corrected chi connectivity index (χ3v) is 3.49. The van der Waals surface area contributed by atoms with E-state index in [4.69, 9.17) is 0 Å². The van der Waals surface area contributed by atoms with Crippen molar-refractivity contribution in [3.8, 4) is 0 Å². The van der Waals surface area contributed by atoms with Crippen LogP contribution in [-0.4, -0.2) is 35.0 Å². The molecule has 0 fully saturated rings. The molecule has 23 heavy (non-hydrogen) atoms. The van der Waals surface area contributed by atoms with Gasteiger partial charge in [0.25, 0.3) is 0 Å². The van der Waals surface area contributed by atoms with Gasteiger partial charge in [-0.25, -0.2) is 4.79 Å². The van der Waals surface area contributed by atoms with Crippen LogP contribution in [0.3, 0.4) is 0 Å². The summed E-state index contributed by atoms with van der Waals surface area (Å²) in [4.78, 5) is 34.8. The summed E-state index contributed by atoms with van der Waals surface area (Å²) in [5.41, 5.74) is 1.01. The van der Waals surface area contributed by atoms with Crippen molar-refractivity contribution in [3.63, 3.8) is 0 Å². The lowest BCUT2D eigenvalue weighted by Gasteiger charge is -2.23. The van der Waals surface area contributed by atoms with Crippen molar-refractivity contribution in [3.05, 3.63) is 35.9 Å². The molecule has 6 heteroatoms. The Morgan fingerprint density at radius 2 is 1.70 bits per heavy atom. The van der Waals surface area contributed by atoms with Crippen LogP contribution in [0.1, 0.15) is 32.8 Å². The van der Waals surface area contributed by atoms with Crippen LogP contribution in [-0.2, 0) is 20.8 Å². The smallest absolute Gasteiger partial charge is 0.326 e. The van der Waals surface area contributed by atoms with Crippen LogP contribution in [0.2, 0.25) is 0 Å². The second-order valence-corrected chi connectivity index (χ2v) is 5.85. The number of amides is 2. The molecule has 0 saturated carbocycles. The Balaban J connectivity index is 2.68. The van der Waals surface area contributed by atoms with Gasteiger partial charge in [0.15, 0.2) is 0 Å². The predicted octanol–water partition coefficient (Wildman–Crippen LogP) is 1.35. The van der Waals surface area contributed by atoms with Gasteiger partial charge in [-0.1, -0.05) is 44.2 Å². The van der Waals surface area contributed by atoms with Crippen molar-refractivity contribution in [2.75, 3.05) is 0 Å². The molecule has 1 aromatic carbocycles. The summed E-state index contributed by atoms with van der Waals surface area (Å²) in [6.45, 7) is 4.91. The van der Waals surface area contributed by atoms with Gasteiger partial charge in [0.2, 0.25) is 11.8 Å². The van der Waals surface area contributed by atoms with Gasteiger partial charge in [-0.3, -0.25) is 9.59 Å². The average molecular weight is 320 g/mol. The molecule has 0 radical (unpaired) electrons. The normalized spacial score (nSPS) is 13.2. The molecule has 0 aromatic heterocycles. The summed E-state index contributed by atoms with van der Waals surface area (Å²) in [6.07, 6.45) is 0.834. The van der Waals surface area contributed by atoms with Crippen LogP contribution in [0.4, 0.5) is 0 Å². The number of aliphatic carboxylic acids is 1. The molecule has 0 spiro atoms. The minimum absolute atomic E-state index is 0.137. The fourth-order valence-corrected chi connectivity index (χ4v) is 2.23. The lowest BCUT2D eigenvalue weighted by molar-refractivity contribution is -0.142. The molecule has 0 saturated heterocycles. The Morgan fingerprint density at radius 3 is 2.17 bits per heavy atom. The molecular weight excluding hydrogens is 296 g/mol. The highest BCUT2D eigenvalue weighted by molar-refractivity contribution is 5.90. The van der Waals surface area contributed by atoms with Gasteiger partial charge >= 0.3 is 5.97 Å². The maximum atomic E-state index is 12.3. The van der Waals surface area contributed by atoms with Crippen molar-refractivity contribution >= 4 is 17.8 Å². The monoisotopic (exact) mass is 320 g/mol. The van der Waals surface area contributed by atoms with Crippen molar-refractivity contribution in [2.45, 2.75) is 45.7 Å². The summed E-state index contributed by atoms with van der Waals surface area (Å²) in [5.74, 6) is -2.02. The number of rotatable bonds is 8. The Labute approximate surface area is 136 Å². The van der Waals surface area contributed by atoms with Crippen LogP contribution in [0, 0.1) is 5.92 Å². The zero-order valence-corrected chi connectivity index (χ0v) is 13.7. The zero-order chi connectivity index (χ0) is 17.4. The Bertz CT molecular complexity index is 543. The Hall–Kier alpha value is -2.37. The summed E-state index contributed by atoms with van der Waals surface area (Å²) >= 11 is 0. The maximum Gasteiger partial charge on any atom is 0.326 e. The van der Waals surface area contributed by atoms with Gasteiger partial charge in [-0.2, -0.15) is 0 Å². The fourth-order valence-electron chi connectivity index (χ4n) is 2.23. The van der Waals surface area contributed by atoms with E-state index >= 15 is 0 Å². The highest BCUT2D eigenvalue weighted by Gasteiger charge is 2.27. The topological polar surface area (TPSA) is 95.5 Å². The van der Waals surface area contributed by atoms with Crippen molar-refractivity contribution in [1.29, 1.82) is 0 Å². The number of hydrogen-bond acceptors (Lipinski definition) is 3. The lowest BCUT2D eigenvalue weighted by atomic mass is 10.0. The quantitative estimate of drug-likeness (QED) is 0.674. The van der Waals surface area contributed by atoms with E-state index in [0.717, 1.165) is 5.56 Å². The average Bonchev–Trinajstić information content (AvgIpc) is 2.49. The van der Waals surface area contributed by atoms with Gasteiger partial charge in [0.1, 0.15) is 12.1 Å². The maximum absolute atomic E-state index is 12.3. The molecule has 0 bridgehead atoms. The minimum Gasteiger partial charge on any atom is -0.480 e. The van der Waals surface area contributed by atoms with Gasteiger partial charge in [-0.15, -0.1) is 0 Å². The van der Waals surface area contributed by atoms with E-state index in [1.165, 1.54) is 6.92 Å². The van der Waals surface area contributed by atoms with Gasteiger partial charge < -0.3 is 15.7 Å². The second-order valence-electron chi connectivity index (χ2n) is 5.85. The van der Waals surface area contributed by atoms with Crippen LogP contribution in [0.5, 0.6) is 0 Å². The van der Waals surface area contributed by atoms with Gasteiger partial charge in [0.05, 0.1) is 0 Å². The molecule has 2 amide bonds. The molecule has 126 valence electrons. The SMILES string of the molecule is CC(=O)N[C@@H](C(=O)N[C@@H](CCc1ccccc1)C(=O)O)C(C)C. The third-order valence-electron chi connectivity index (χ3n) is 3.49. The molecule has 1 aromatic rings. The first-order chi connectivity index (χ1) is 10.8. The molecular formula is C17H24N2O4. The summed E-state index contributed by atoms with van der Waals surface area (Å²) in [5, 5.41) is 14.4. The highest BCUT2D eigenvalue weighted by Crippen LogP contribution is 2.07. The number of carbonyl (C=O) groups is 3. The molecule has 3 N–H and O–H groups in total. The van der Waals surface area contributed by atoms with E-state index < -0.39 is 24.0 Å². The molecule has 0 aliphatic carbocycles. The number of carboxylic acids is 1. The molecule has 0 unspecified atom stereocenters. The largest absolute Gasteiger partial charge is 0.480 e. The number of hydrogen-bond donors (Lipinski definition) is 3. The van der Waals surface area contributed by atoms with E-state index in [1.54, 1.807) is 13.8 Å². The van der Waals surface area contributed by atoms with Crippen molar-refractivity contribution < 1.29 is 19.5 Å². The minimum atomic E-state index is -1.08. The van der Waals surface area contributed by atoms with Crippen LogP contribution in [0.15, 0.2) is 30.3 Å². The Kier molecular flexibility index (Phi) is 7.25. The predicted molar refractivity (Wildman–Crippen MR) is 86.8 cm³/mol. The molecule has 0 aliphatic heterocycles. The second kappa shape index (κ2) is 8.92. The van der Waals surface area contributed by atoms with E-state index in [0.29, 0.717) is 6.42 Å². The molecule has 2 atom stereocenters. The van der Waals surface area contributed by atoms with Crippen molar-refractivity contribution in [2.24, 2.45) is 5.92 Å². The number of benzene rings is 1. The zero-order valence-electron chi connectivity index (χ0n) is 13.7. The molecule has 0 heterocycles. The first-order valence-corrected chi connectivity index (χ1v) is 7.65. The summed E-state index contributed by atoms with van der Waals surface area (Å²) in [6, 6.07) is 7.75. The molecule has 6 nitrogen and oxygen atoms in total. The van der Waals surface area contributed by atoms with E-state index in [-0.39, 0.29) is 18.2 Å². The number of carboxylic acid groups (broad SMARTS) is 1. The number of carbonyl (C=O) groups excluding carboxylic acids is 2. The van der Waals surface area contributed by atoms with Gasteiger partial charge in [-0.05, 0) is 24.3 Å². The molecule has 1 rings (SSSR count). The first-order valence-electron chi connectivity index (χ1n) is 7.65. The lowest BCUT2D eigenvalue weighted by Crippen LogP contribution is -2.53. The van der Waals surface area contributed by atoms with Crippen LogP contribution < -0.4 is 10.6 Å². The first kappa shape index (κ1) is 18.7. The van der Waals surface area contributed by atoms with E-state index in [9.17, 15) is 19.5 Å².